The third-order valence-electron chi connectivity index (χ3n) is 3.18. The molecule has 0 saturated heterocycles. The number of hydrogen-bond acceptors (Lipinski definition) is 4. The summed E-state index contributed by atoms with van der Waals surface area (Å²) in [6, 6.07) is 4.56. The van der Waals surface area contributed by atoms with Gasteiger partial charge >= 0.3 is 0 Å². The van der Waals surface area contributed by atoms with Crippen LogP contribution in [0.5, 0.6) is 5.75 Å². The first-order chi connectivity index (χ1) is 10.2. The van der Waals surface area contributed by atoms with Crippen molar-refractivity contribution in [1.82, 2.24) is 4.98 Å². The smallest absolute Gasteiger partial charge is 0.272 e. The zero-order chi connectivity index (χ0) is 16.5. The Hall–Kier alpha value is -1.80. The average Bonchev–Trinajstić information content (AvgIpc) is 2.45. The van der Waals surface area contributed by atoms with Gasteiger partial charge in [0.1, 0.15) is 16.3 Å². The first-order valence-electron chi connectivity index (χ1n) is 6.31. The van der Waals surface area contributed by atoms with Gasteiger partial charge in [0, 0.05) is 10.7 Å². The minimum Gasteiger partial charge on any atom is -0.495 e. The van der Waals surface area contributed by atoms with Crippen molar-refractivity contribution in [2.75, 3.05) is 11.8 Å². The van der Waals surface area contributed by atoms with Crippen LogP contribution >= 0.6 is 15.9 Å². The lowest BCUT2D eigenvalue weighted by Gasteiger charge is -2.13. The Balaban J connectivity index is 2.54. The molecule has 0 amide bonds. The van der Waals surface area contributed by atoms with E-state index in [0.29, 0.717) is 4.47 Å². The molecule has 0 unspecified atom stereocenters. The molecule has 2 aromatic rings. The number of aryl methyl sites for hydroxylation is 2. The van der Waals surface area contributed by atoms with E-state index >= 15 is 0 Å². The Labute approximate surface area is 136 Å². The lowest BCUT2D eigenvalue weighted by Crippen LogP contribution is -2.20. The summed E-state index contributed by atoms with van der Waals surface area (Å²) >= 11 is 3.18. The standard InChI is InChI=1S/C14H15BrN2O4S/c1-8-4-12(21-3)13(5-9(8)2)22(19,20)17-11-6-10(15)7-16-14(11)18/h4-7,17H,1-3H3,(H,16,18). The number of anilines is 1. The zero-order valence-corrected chi connectivity index (χ0v) is 14.6. The van der Waals surface area contributed by atoms with E-state index < -0.39 is 15.6 Å². The summed E-state index contributed by atoms with van der Waals surface area (Å²) in [5.41, 5.74) is 1.12. The summed E-state index contributed by atoms with van der Waals surface area (Å²) in [4.78, 5) is 14.1. The number of rotatable bonds is 4. The van der Waals surface area contributed by atoms with E-state index in [-0.39, 0.29) is 16.3 Å². The first kappa shape index (κ1) is 16.6. The van der Waals surface area contributed by atoms with Gasteiger partial charge in [-0.1, -0.05) is 0 Å². The molecular weight excluding hydrogens is 372 g/mol. The van der Waals surface area contributed by atoms with Crippen LogP contribution < -0.4 is 15.0 Å². The highest BCUT2D eigenvalue weighted by atomic mass is 79.9. The number of benzene rings is 1. The number of sulfonamides is 1. The van der Waals surface area contributed by atoms with E-state index in [9.17, 15) is 13.2 Å². The highest BCUT2D eigenvalue weighted by Crippen LogP contribution is 2.28. The molecule has 6 nitrogen and oxygen atoms in total. The lowest BCUT2D eigenvalue weighted by atomic mass is 10.1. The maximum Gasteiger partial charge on any atom is 0.272 e. The number of H-pyrrole nitrogens is 1. The Morgan fingerprint density at radius 2 is 1.82 bits per heavy atom. The van der Waals surface area contributed by atoms with E-state index in [1.54, 1.807) is 13.0 Å². The fourth-order valence-electron chi connectivity index (χ4n) is 1.87. The summed E-state index contributed by atoms with van der Waals surface area (Å²) in [6.45, 7) is 3.67. The maximum absolute atomic E-state index is 12.5. The minimum atomic E-state index is -3.95. The average molecular weight is 387 g/mol. The normalized spacial score (nSPS) is 11.3. The molecule has 1 heterocycles. The van der Waals surface area contributed by atoms with Gasteiger partial charge in [-0.25, -0.2) is 8.42 Å². The molecule has 0 radical (unpaired) electrons. The molecule has 2 rings (SSSR count). The van der Waals surface area contributed by atoms with Crippen molar-refractivity contribution >= 4 is 31.6 Å². The van der Waals surface area contributed by atoms with Crippen LogP contribution in [0, 0.1) is 13.8 Å². The van der Waals surface area contributed by atoms with Crippen LogP contribution in [0.2, 0.25) is 0 Å². The molecule has 0 aliphatic carbocycles. The number of pyridine rings is 1. The molecule has 0 bridgehead atoms. The molecule has 0 saturated carbocycles. The summed E-state index contributed by atoms with van der Waals surface area (Å²) in [5, 5.41) is 0. The van der Waals surface area contributed by atoms with Gasteiger partial charge in [0.2, 0.25) is 0 Å². The Bertz CT molecular complexity index is 875. The SMILES string of the molecule is COc1cc(C)c(C)cc1S(=O)(=O)Nc1cc(Br)c[nH]c1=O. The quantitative estimate of drug-likeness (QED) is 0.844. The van der Waals surface area contributed by atoms with Crippen molar-refractivity contribution < 1.29 is 13.2 Å². The molecule has 8 heteroatoms. The van der Waals surface area contributed by atoms with Gasteiger partial charge in [0.15, 0.2) is 0 Å². The van der Waals surface area contributed by atoms with Gasteiger partial charge in [-0.15, -0.1) is 0 Å². The largest absolute Gasteiger partial charge is 0.495 e. The molecule has 2 N–H and O–H groups in total. The van der Waals surface area contributed by atoms with Crippen molar-refractivity contribution in [3.05, 3.63) is 50.3 Å². The van der Waals surface area contributed by atoms with E-state index in [1.165, 1.54) is 25.4 Å². The summed E-state index contributed by atoms with van der Waals surface area (Å²) < 4.78 is 33.1. The monoisotopic (exact) mass is 386 g/mol. The second kappa shape index (κ2) is 6.13. The second-order valence-corrected chi connectivity index (χ2v) is 7.32. The lowest BCUT2D eigenvalue weighted by molar-refractivity contribution is 0.402. The minimum absolute atomic E-state index is 0.0162. The molecule has 0 spiro atoms. The molecule has 0 aliphatic heterocycles. The van der Waals surface area contributed by atoms with Crippen molar-refractivity contribution in [1.29, 1.82) is 0 Å². The molecule has 22 heavy (non-hydrogen) atoms. The van der Waals surface area contributed by atoms with Crippen molar-refractivity contribution in [3.63, 3.8) is 0 Å². The van der Waals surface area contributed by atoms with Crippen LogP contribution in [0.4, 0.5) is 5.69 Å². The molecule has 0 fully saturated rings. The Morgan fingerprint density at radius 3 is 2.45 bits per heavy atom. The number of methoxy groups -OCH3 is 1. The topological polar surface area (TPSA) is 88.3 Å². The number of halogens is 1. The highest BCUT2D eigenvalue weighted by molar-refractivity contribution is 9.10. The van der Waals surface area contributed by atoms with Gasteiger partial charge < -0.3 is 9.72 Å². The van der Waals surface area contributed by atoms with Gasteiger partial charge in [0.25, 0.3) is 15.6 Å². The van der Waals surface area contributed by atoms with Crippen LogP contribution in [0.1, 0.15) is 11.1 Å². The van der Waals surface area contributed by atoms with Gasteiger partial charge in [0.05, 0.1) is 7.11 Å². The van der Waals surface area contributed by atoms with Crippen LogP contribution in [0.25, 0.3) is 0 Å². The van der Waals surface area contributed by atoms with Crippen molar-refractivity contribution in [3.8, 4) is 5.75 Å². The molecule has 1 aromatic heterocycles. The zero-order valence-electron chi connectivity index (χ0n) is 12.2. The number of aromatic nitrogens is 1. The van der Waals surface area contributed by atoms with E-state index in [4.69, 9.17) is 4.74 Å². The van der Waals surface area contributed by atoms with Crippen LogP contribution in [-0.2, 0) is 10.0 Å². The molecule has 0 aliphatic rings. The van der Waals surface area contributed by atoms with Crippen LogP contribution in [0.15, 0.2) is 38.6 Å². The van der Waals surface area contributed by atoms with E-state index in [2.05, 4.69) is 25.6 Å². The molecule has 0 atom stereocenters. The van der Waals surface area contributed by atoms with Gasteiger partial charge in [-0.3, -0.25) is 9.52 Å². The summed E-state index contributed by atoms with van der Waals surface area (Å²) in [5.74, 6) is 0.224. The third kappa shape index (κ3) is 3.33. The summed E-state index contributed by atoms with van der Waals surface area (Å²) in [7, 11) is -2.55. The van der Waals surface area contributed by atoms with E-state index in [0.717, 1.165) is 11.1 Å². The summed E-state index contributed by atoms with van der Waals surface area (Å²) in [6.07, 6.45) is 1.43. The maximum atomic E-state index is 12.5. The first-order valence-corrected chi connectivity index (χ1v) is 8.58. The molecule has 1 aromatic carbocycles. The number of hydrogen-bond donors (Lipinski definition) is 2. The second-order valence-electron chi connectivity index (χ2n) is 4.75. The third-order valence-corrected chi connectivity index (χ3v) is 5.03. The number of nitrogens with one attached hydrogen (secondary N) is 2. The van der Waals surface area contributed by atoms with Crippen molar-refractivity contribution in [2.24, 2.45) is 0 Å². The number of aromatic amines is 1. The predicted molar refractivity (Wildman–Crippen MR) is 88.0 cm³/mol. The van der Waals surface area contributed by atoms with Gasteiger partial charge in [-0.05, 0) is 59.1 Å². The predicted octanol–water partition coefficient (Wildman–Crippen LogP) is 2.56. The fourth-order valence-corrected chi connectivity index (χ4v) is 3.50. The van der Waals surface area contributed by atoms with Crippen molar-refractivity contribution in [2.45, 2.75) is 18.7 Å². The fraction of sp³-hybridized carbons (Fsp3) is 0.214. The van der Waals surface area contributed by atoms with Crippen LogP contribution in [0.3, 0.4) is 0 Å². The van der Waals surface area contributed by atoms with Gasteiger partial charge in [-0.2, -0.15) is 0 Å². The highest BCUT2D eigenvalue weighted by Gasteiger charge is 2.22. The van der Waals surface area contributed by atoms with E-state index in [1.807, 2.05) is 6.92 Å². The number of ether oxygens (including phenoxy) is 1. The Kier molecular flexibility index (Phi) is 4.62. The molecule has 118 valence electrons. The van der Waals surface area contributed by atoms with Crippen LogP contribution in [-0.4, -0.2) is 20.5 Å². The molecular formula is C14H15BrN2O4S. The Morgan fingerprint density at radius 1 is 1.18 bits per heavy atom.